The zero-order valence-corrected chi connectivity index (χ0v) is 19.5. The quantitative estimate of drug-likeness (QED) is 0.712. The molecule has 1 aromatic heterocycles. The molecule has 2 aromatic rings. The van der Waals surface area contributed by atoms with Crippen LogP contribution in [0.15, 0.2) is 24.4 Å². The third-order valence-corrected chi connectivity index (χ3v) is 7.20. The molecule has 2 aliphatic rings. The Morgan fingerprint density at radius 2 is 1.89 bits per heavy atom. The van der Waals surface area contributed by atoms with E-state index in [9.17, 15) is 22.8 Å². The van der Waals surface area contributed by atoms with Crippen molar-refractivity contribution in [1.82, 2.24) is 14.7 Å². The molecule has 11 heteroatoms. The van der Waals surface area contributed by atoms with Gasteiger partial charge in [0.05, 0.1) is 34.4 Å². The number of aryl methyl sites for hydroxylation is 2. The average molecular weight is 489 g/mol. The zero-order valence-electron chi connectivity index (χ0n) is 19.5. The molecule has 0 spiro atoms. The first-order valence-corrected chi connectivity index (χ1v) is 11.4. The molecule has 0 bridgehead atoms. The molecular formula is C24H27F3N6O2. The predicted molar refractivity (Wildman–Crippen MR) is 121 cm³/mol. The van der Waals surface area contributed by atoms with E-state index in [1.165, 1.54) is 12.1 Å². The highest BCUT2D eigenvalue weighted by Gasteiger charge is 2.44. The summed E-state index contributed by atoms with van der Waals surface area (Å²) in [6, 6.07) is 5.36. The maximum atomic E-state index is 13.4. The molecule has 35 heavy (non-hydrogen) atoms. The number of anilines is 1. The number of benzene rings is 1. The Hall–Kier alpha value is -3.55. The summed E-state index contributed by atoms with van der Waals surface area (Å²) in [7, 11) is 1.74. The highest BCUT2D eigenvalue weighted by molar-refractivity contribution is 5.95. The Bertz CT molecular complexity index is 1180. The Balaban J connectivity index is 1.46. The minimum absolute atomic E-state index is 0.108. The van der Waals surface area contributed by atoms with Gasteiger partial charge in [0, 0.05) is 45.1 Å². The maximum Gasteiger partial charge on any atom is 0.417 e. The Morgan fingerprint density at radius 1 is 1.20 bits per heavy atom. The van der Waals surface area contributed by atoms with Gasteiger partial charge in [-0.2, -0.15) is 23.5 Å². The lowest BCUT2D eigenvalue weighted by Crippen LogP contribution is -2.40. The molecule has 2 saturated heterocycles. The number of nitrogens with two attached hydrogens (primary N) is 1. The third kappa shape index (κ3) is 4.83. The van der Waals surface area contributed by atoms with Crippen molar-refractivity contribution in [1.29, 1.82) is 5.26 Å². The largest absolute Gasteiger partial charge is 0.417 e. The fourth-order valence-electron chi connectivity index (χ4n) is 5.40. The number of alkyl halides is 3. The molecule has 2 aliphatic heterocycles. The second-order valence-corrected chi connectivity index (χ2v) is 9.35. The van der Waals surface area contributed by atoms with E-state index in [-0.39, 0.29) is 24.3 Å². The maximum absolute atomic E-state index is 13.4. The number of primary amides is 1. The van der Waals surface area contributed by atoms with Gasteiger partial charge in [0.1, 0.15) is 0 Å². The van der Waals surface area contributed by atoms with E-state index in [2.05, 4.69) is 5.10 Å². The minimum Gasteiger partial charge on any atom is -0.372 e. The molecule has 2 atom stereocenters. The minimum atomic E-state index is -4.61. The van der Waals surface area contributed by atoms with Crippen LogP contribution in [0.2, 0.25) is 0 Å². The fourth-order valence-corrected chi connectivity index (χ4v) is 5.40. The standard InChI is InChI=1S/C24H27F3N6O2/c1-14-18(11-31(2)30-14)23(35)33-12-19(20(13-33)22(29)34)15-5-7-32(8-6-15)17-4-3-16(10-28)21(9-17)24(25,26)27/h3-4,9,11,15,19-20H,5-8,12-13H2,1-2H3,(H2,29,34)/t19-,20+/m0/s1. The van der Waals surface area contributed by atoms with Crippen molar-refractivity contribution < 1.29 is 22.8 Å². The van der Waals surface area contributed by atoms with E-state index in [0.717, 1.165) is 6.07 Å². The number of aromatic nitrogens is 2. The number of rotatable bonds is 4. The van der Waals surface area contributed by atoms with Crippen LogP contribution in [-0.4, -0.2) is 52.7 Å². The topological polar surface area (TPSA) is 108 Å². The number of carbonyl (C=O) groups excluding carboxylic acids is 2. The SMILES string of the molecule is Cc1nn(C)cc1C(=O)N1C[C@@H](C(N)=O)[C@H](C2CCN(c3ccc(C#N)c(C(F)(F)F)c3)CC2)C1. The summed E-state index contributed by atoms with van der Waals surface area (Å²) < 4.78 is 41.7. The van der Waals surface area contributed by atoms with Gasteiger partial charge in [-0.1, -0.05) is 0 Å². The predicted octanol–water partition coefficient (Wildman–Crippen LogP) is 2.71. The van der Waals surface area contributed by atoms with Crippen LogP contribution in [0.5, 0.6) is 0 Å². The van der Waals surface area contributed by atoms with Gasteiger partial charge in [0.25, 0.3) is 5.91 Å². The van der Waals surface area contributed by atoms with Crippen LogP contribution in [0.3, 0.4) is 0 Å². The molecule has 0 saturated carbocycles. The first-order valence-electron chi connectivity index (χ1n) is 11.4. The van der Waals surface area contributed by atoms with E-state index >= 15 is 0 Å². The molecule has 0 unspecified atom stereocenters. The van der Waals surface area contributed by atoms with E-state index < -0.39 is 29.1 Å². The average Bonchev–Trinajstić information content (AvgIpc) is 3.41. The van der Waals surface area contributed by atoms with Gasteiger partial charge in [0.2, 0.25) is 5.91 Å². The van der Waals surface area contributed by atoms with Crippen molar-refractivity contribution in [3.8, 4) is 6.07 Å². The molecule has 4 rings (SSSR count). The second-order valence-electron chi connectivity index (χ2n) is 9.35. The highest BCUT2D eigenvalue weighted by atomic mass is 19.4. The van der Waals surface area contributed by atoms with Gasteiger partial charge < -0.3 is 15.5 Å². The summed E-state index contributed by atoms with van der Waals surface area (Å²) in [5.74, 6) is -1.10. The van der Waals surface area contributed by atoms with Gasteiger partial charge >= 0.3 is 6.18 Å². The number of amides is 2. The van der Waals surface area contributed by atoms with Gasteiger partial charge in [-0.15, -0.1) is 0 Å². The van der Waals surface area contributed by atoms with Crippen molar-refractivity contribution in [3.63, 3.8) is 0 Å². The number of hydrogen-bond acceptors (Lipinski definition) is 5. The highest BCUT2D eigenvalue weighted by Crippen LogP contribution is 2.39. The lowest BCUT2D eigenvalue weighted by molar-refractivity contribution is -0.137. The third-order valence-electron chi connectivity index (χ3n) is 7.20. The van der Waals surface area contributed by atoms with Crippen molar-refractivity contribution in [2.75, 3.05) is 31.1 Å². The smallest absolute Gasteiger partial charge is 0.372 e. The molecule has 2 N–H and O–H groups in total. The Kier molecular flexibility index (Phi) is 6.49. The van der Waals surface area contributed by atoms with Crippen molar-refractivity contribution in [2.45, 2.75) is 25.9 Å². The van der Waals surface area contributed by atoms with Crippen LogP contribution in [0.1, 0.15) is 40.0 Å². The molecule has 1 aromatic carbocycles. The lowest BCUT2D eigenvalue weighted by Gasteiger charge is -2.37. The van der Waals surface area contributed by atoms with E-state index in [0.29, 0.717) is 49.4 Å². The first kappa shape index (κ1) is 24.6. The van der Waals surface area contributed by atoms with E-state index in [1.54, 1.807) is 35.8 Å². The number of likely N-dealkylation sites (tertiary alicyclic amines) is 1. The van der Waals surface area contributed by atoms with Crippen LogP contribution in [0.25, 0.3) is 0 Å². The van der Waals surface area contributed by atoms with Crippen LogP contribution in [0.4, 0.5) is 18.9 Å². The summed E-state index contributed by atoms with van der Waals surface area (Å²) in [5, 5.41) is 13.2. The summed E-state index contributed by atoms with van der Waals surface area (Å²) in [6.07, 6.45) is -1.64. The number of nitrogens with zero attached hydrogens (tertiary/aromatic N) is 5. The monoisotopic (exact) mass is 488 g/mol. The van der Waals surface area contributed by atoms with Gasteiger partial charge in [0.15, 0.2) is 0 Å². The summed E-state index contributed by atoms with van der Waals surface area (Å²) in [6.45, 7) is 3.42. The number of halogens is 3. The van der Waals surface area contributed by atoms with Crippen molar-refractivity contribution in [2.24, 2.45) is 30.5 Å². The molecular weight excluding hydrogens is 461 g/mol. The zero-order chi connectivity index (χ0) is 25.5. The molecule has 0 radical (unpaired) electrons. The molecule has 186 valence electrons. The molecule has 0 aliphatic carbocycles. The number of hydrogen-bond donors (Lipinski definition) is 1. The number of nitriles is 1. The second kappa shape index (κ2) is 9.24. The number of piperidine rings is 1. The summed E-state index contributed by atoms with van der Waals surface area (Å²) in [4.78, 5) is 28.8. The van der Waals surface area contributed by atoms with Crippen LogP contribution < -0.4 is 10.6 Å². The van der Waals surface area contributed by atoms with Gasteiger partial charge in [-0.3, -0.25) is 14.3 Å². The molecule has 2 amide bonds. The number of carbonyl (C=O) groups is 2. The Morgan fingerprint density at radius 3 is 2.43 bits per heavy atom. The first-order chi connectivity index (χ1) is 16.5. The normalized spacial score (nSPS) is 21.3. The van der Waals surface area contributed by atoms with Crippen molar-refractivity contribution >= 4 is 17.5 Å². The fraction of sp³-hybridized carbons (Fsp3) is 0.500. The van der Waals surface area contributed by atoms with Crippen LogP contribution in [0, 0.1) is 36.0 Å². The van der Waals surface area contributed by atoms with E-state index in [4.69, 9.17) is 11.0 Å². The Labute approximate surface area is 201 Å². The molecule has 2 fully saturated rings. The van der Waals surface area contributed by atoms with Crippen molar-refractivity contribution in [3.05, 3.63) is 46.8 Å². The van der Waals surface area contributed by atoms with Crippen LogP contribution in [-0.2, 0) is 18.0 Å². The van der Waals surface area contributed by atoms with Crippen LogP contribution >= 0.6 is 0 Å². The summed E-state index contributed by atoms with van der Waals surface area (Å²) >= 11 is 0. The molecule has 3 heterocycles. The lowest BCUT2D eigenvalue weighted by atomic mass is 9.78. The summed E-state index contributed by atoms with van der Waals surface area (Å²) in [5.41, 5.74) is 5.88. The molecule has 8 nitrogen and oxygen atoms in total. The van der Waals surface area contributed by atoms with E-state index in [1.807, 2.05) is 4.90 Å². The van der Waals surface area contributed by atoms with Gasteiger partial charge in [-0.05, 0) is 49.8 Å². The van der Waals surface area contributed by atoms with Gasteiger partial charge in [-0.25, -0.2) is 0 Å².